The zero-order valence-corrected chi connectivity index (χ0v) is 21.9. The number of aryl methyl sites for hydroxylation is 1. The summed E-state index contributed by atoms with van der Waals surface area (Å²) in [6.45, 7) is 10.6. The third-order valence-electron chi connectivity index (χ3n) is 5.37. The highest BCUT2D eigenvalue weighted by molar-refractivity contribution is 5.68. The molecule has 0 aliphatic rings. The molecule has 8 nitrogen and oxygen atoms in total. The predicted molar refractivity (Wildman–Crippen MR) is 139 cm³/mol. The summed E-state index contributed by atoms with van der Waals surface area (Å²) in [7, 11) is 0. The number of carboxylic acid groups (broad SMARTS) is 1. The number of alkyl carbamates (subject to hydrolysis) is 1. The Kier molecular flexibility index (Phi) is 10.9. The van der Waals surface area contributed by atoms with E-state index in [-0.39, 0.29) is 31.9 Å². The van der Waals surface area contributed by atoms with Crippen LogP contribution in [0.4, 0.5) is 14.0 Å². The number of nitrogens with one attached hydrogen (secondary N) is 1. The molecule has 2 aromatic rings. The van der Waals surface area contributed by atoms with E-state index < -0.39 is 35.8 Å². The van der Waals surface area contributed by atoms with E-state index in [0.717, 1.165) is 22.4 Å². The number of rotatable bonds is 12. The maximum absolute atomic E-state index is 14.2. The fourth-order valence-corrected chi connectivity index (χ4v) is 3.70. The van der Waals surface area contributed by atoms with E-state index in [2.05, 4.69) is 11.9 Å². The standard InChI is InChI=1S/C28H37FN2O6/c1-6-11-36-23-14-21(13-22(29)16-23)15-24(30-26(33)37-28(3,4)5)25(32)18-31(27(34)35)17-20-10-8-9-19(7-2)12-20/h6,8-10,12-14,16,24-25,32H,1,7,11,15,17-18H2,2-5H3,(H,30,33)(H,34,35). The molecule has 2 atom stereocenters. The first-order chi connectivity index (χ1) is 17.4. The summed E-state index contributed by atoms with van der Waals surface area (Å²) in [5, 5.41) is 23.5. The van der Waals surface area contributed by atoms with Gasteiger partial charge in [-0.15, -0.1) is 0 Å². The van der Waals surface area contributed by atoms with Gasteiger partial charge in [-0.2, -0.15) is 0 Å². The Morgan fingerprint density at radius 1 is 1.16 bits per heavy atom. The van der Waals surface area contributed by atoms with E-state index in [0.29, 0.717) is 5.56 Å². The lowest BCUT2D eigenvalue weighted by atomic mass is 10.00. The number of amides is 2. The summed E-state index contributed by atoms with van der Waals surface area (Å²) in [6.07, 6.45) is -0.994. The van der Waals surface area contributed by atoms with E-state index in [4.69, 9.17) is 9.47 Å². The smallest absolute Gasteiger partial charge is 0.407 e. The van der Waals surface area contributed by atoms with Crippen molar-refractivity contribution in [1.29, 1.82) is 0 Å². The second-order valence-electron chi connectivity index (χ2n) is 9.76. The molecule has 0 radical (unpaired) electrons. The van der Waals surface area contributed by atoms with Crippen LogP contribution in [0.3, 0.4) is 0 Å². The van der Waals surface area contributed by atoms with Crippen molar-refractivity contribution in [1.82, 2.24) is 10.2 Å². The van der Waals surface area contributed by atoms with Crippen LogP contribution in [0, 0.1) is 5.82 Å². The van der Waals surface area contributed by atoms with Gasteiger partial charge in [0.25, 0.3) is 0 Å². The molecule has 0 saturated carbocycles. The van der Waals surface area contributed by atoms with Gasteiger partial charge in [-0.3, -0.25) is 0 Å². The maximum atomic E-state index is 14.2. The molecule has 2 rings (SSSR count). The van der Waals surface area contributed by atoms with Crippen molar-refractivity contribution >= 4 is 12.2 Å². The molecule has 0 aliphatic heterocycles. The number of hydrogen-bond acceptors (Lipinski definition) is 5. The molecule has 9 heteroatoms. The number of halogens is 1. The average Bonchev–Trinajstić information content (AvgIpc) is 2.80. The van der Waals surface area contributed by atoms with Crippen LogP contribution in [0.2, 0.25) is 0 Å². The highest BCUT2D eigenvalue weighted by atomic mass is 19.1. The van der Waals surface area contributed by atoms with E-state index >= 15 is 0 Å². The Morgan fingerprint density at radius 2 is 1.86 bits per heavy atom. The molecule has 0 bridgehead atoms. The van der Waals surface area contributed by atoms with Crippen LogP contribution >= 0.6 is 0 Å². The van der Waals surface area contributed by atoms with Crippen molar-refractivity contribution in [3.05, 3.63) is 77.6 Å². The number of nitrogens with zero attached hydrogens (tertiary/aromatic N) is 1. The molecule has 3 N–H and O–H groups in total. The Morgan fingerprint density at radius 3 is 2.49 bits per heavy atom. The number of aliphatic hydroxyl groups is 1. The summed E-state index contributed by atoms with van der Waals surface area (Å²) in [6, 6.07) is 10.6. The largest absolute Gasteiger partial charge is 0.489 e. The zero-order valence-electron chi connectivity index (χ0n) is 21.9. The Bertz CT molecular complexity index is 1070. The molecular weight excluding hydrogens is 479 g/mol. The van der Waals surface area contributed by atoms with Crippen molar-refractivity contribution in [3.8, 4) is 5.75 Å². The summed E-state index contributed by atoms with van der Waals surface area (Å²) in [5.41, 5.74) is 1.49. The number of ether oxygens (including phenoxy) is 2. The molecule has 2 amide bonds. The quantitative estimate of drug-likeness (QED) is 0.345. The summed E-state index contributed by atoms with van der Waals surface area (Å²) < 4.78 is 25.0. The van der Waals surface area contributed by atoms with Crippen LogP contribution in [0.5, 0.6) is 5.75 Å². The SMILES string of the molecule is C=CCOc1cc(F)cc(CC(NC(=O)OC(C)(C)C)C(O)CN(Cc2cccc(CC)c2)C(=O)O)c1. The second kappa shape index (κ2) is 13.6. The van der Waals surface area contributed by atoms with Gasteiger partial charge in [-0.1, -0.05) is 43.8 Å². The minimum atomic E-state index is -1.32. The highest BCUT2D eigenvalue weighted by Crippen LogP contribution is 2.20. The van der Waals surface area contributed by atoms with Gasteiger partial charge >= 0.3 is 12.2 Å². The van der Waals surface area contributed by atoms with Crippen LogP contribution < -0.4 is 10.1 Å². The molecule has 202 valence electrons. The van der Waals surface area contributed by atoms with E-state index in [1.807, 2.05) is 31.2 Å². The maximum Gasteiger partial charge on any atom is 0.407 e. The lowest BCUT2D eigenvalue weighted by molar-refractivity contribution is 0.0364. The van der Waals surface area contributed by atoms with Gasteiger partial charge in [-0.05, 0) is 62.4 Å². The average molecular weight is 517 g/mol. The molecule has 0 heterocycles. The van der Waals surface area contributed by atoms with Crippen LogP contribution in [-0.4, -0.2) is 58.2 Å². The van der Waals surface area contributed by atoms with E-state index in [1.165, 1.54) is 18.2 Å². The number of hydrogen-bond donors (Lipinski definition) is 3. The Balaban J connectivity index is 2.27. The lowest BCUT2D eigenvalue weighted by Gasteiger charge is -2.30. The molecular formula is C28H37FN2O6. The van der Waals surface area contributed by atoms with Crippen LogP contribution in [0.25, 0.3) is 0 Å². The summed E-state index contributed by atoms with van der Waals surface area (Å²) in [5.74, 6) is -0.284. The Labute approximate surface area is 217 Å². The molecule has 0 fully saturated rings. The topological polar surface area (TPSA) is 108 Å². The lowest BCUT2D eigenvalue weighted by Crippen LogP contribution is -2.51. The van der Waals surface area contributed by atoms with Gasteiger partial charge in [0.2, 0.25) is 0 Å². The minimum Gasteiger partial charge on any atom is -0.489 e. The highest BCUT2D eigenvalue weighted by Gasteiger charge is 2.28. The van der Waals surface area contributed by atoms with E-state index in [9.17, 15) is 24.2 Å². The Hall–Kier alpha value is -3.59. The third kappa shape index (κ3) is 10.5. The molecule has 2 unspecified atom stereocenters. The predicted octanol–water partition coefficient (Wildman–Crippen LogP) is 4.93. The second-order valence-corrected chi connectivity index (χ2v) is 9.76. The minimum absolute atomic E-state index is 0.00139. The summed E-state index contributed by atoms with van der Waals surface area (Å²) >= 11 is 0. The fraction of sp³-hybridized carbons (Fsp3) is 0.429. The first-order valence-corrected chi connectivity index (χ1v) is 12.2. The van der Waals surface area contributed by atoms with Crippen LogP contribution in [0.1, 0.15) is 44.4 Å². The van der Waals surface area contributed by atoms with Crippen molar-refractivity contribution in [2.24, 2.45) is 0 Å². The first kappa shape index (κ1) is 29.6. The van der Waals surface area contributed by atoms with Crippen molar-refractivity contribution < 1.29 is 33.7 Å². The molecule has 0 aromatic heterocycles. The summed E-state index contributed by atoms with van der Waals surface area (Å²) in [4.78, 5) is 25.6. The number of aliphatic hydroxyl groups excluding tert-OH is 1. The van der Waals surface area contributed by atoms with Crippen LogP contribution in [0.15, 0.2) is 55.1 Å². The molecule has 0 spiro atoms. The molecule has 37 heavy (non-hydrogen) atoms. The normalized spacial score (nSPS) is 12.8. The zero-order chi connectivity index (χ0) is 27.6. The first-order valence-electron chi connectivity index (χ1n) is 12.2. The monoisotopic (exact) mass is 516 g/mol. The number of benzene rings is 2. The van der Waals surface area contributed by atoms with Crippen molar-refractivity contribution in [2.45, 2.75) is 64.8 Å². The molecule has 0 aliphatic carbocycles. The van der Waals surface area contributed by atoms with Gasteiger partial charge in [0.05, 0.1) is 18.7 Å². The van der Waals surface area contributed by atoms with Crippen molar-refractivity contribution in [3.63, 3.8) is 0 Å². The van der Waals surface area contributed by atoms with Gasteiger partial charge < -0.3 is 29.9 Å². The number of carbonyl (C=O) groups is 2. The van der Waals surface area contributed by atoms with Gasteiger partial charge in [0.15, 0.2) is 0 Å². The van der Waals surface area contributed by atoms with Gasteiger partial charge in [-0.25, -0.2) is 14.0 Å². The molecule has 0 saturated heterocycles. The van der Waals surface area contributed by atoms with Gasteiger partial charge in [0.1, 0.15) is 23.8 Å². The van der Waals surface area contributed by atoms with E-state index in [1.54, 1.807) is 26.8 Å². The van der Waals surface area contributed by atoms with Crippen molar-refractivity contribution in [2.75, 3.05) is 13.2 Å². The van der Waals surface area contributed by atoms with Gasteiger partial charge in [0, 0.05) is 12.6 Å². The number of carbonyl (C=O) groups excluding carboxylic acids is 1. The molecule has 2 aromatic carbocycles. The third-order valence-corrected chi connectivity index (χ3v) is 5.37. The van der Waals surface area contributed by atoms with Crippen LogP contribution in [-0.2, 0) is 24.1 Å². The fourth-order valence-electron chi connectivity index (χ4n) is 3.70.